The zero-order valence-corrected chi connectivity index (χ0v) is 39.7. The summed E-state index contributed by atoms with van der Waals surface area (Å²) in [5.41, 5.74) is 22.4. The van der Waals surface area contributed by atoms with E-state index in [9.17, 15) is 0 Å². The zero-order chi connectivity index (χ0) is 47.8. The van der Waals surface area contributed by atoms with Crippen LogP contribution in [0, 0.1) is 0 Å². The van der Waals surface area contributed by atoms with Gasteiger partial charge in [0, 0.05) is 16.9 Å². The number of hydrogen-bond acceptors (Lipinski definition) is 1. The van der Waals surface area contributed by atoms with Gasteiger partial charge in [-0.25, -0.2) is 0 Å². The summed E-state index contributed by atoms with van der Waals surface area (Å²) in [4.78, 5) is 2.43. The van der Waals surface area contributed by atoms with Crippen molar-refractivity contribution in [1.82, 2.24) is 0 Å². The maximum atomic E-state index is 2.43. The van der Waals surface area contributed by atoms with Gasteiger partial charge in [-0.15, -0.1) is 0 Å². The van der Waals surface area contributed by atoms with Gasteiger partial charge < -0.3 is 4.90 Å². The largest absolute Gasteiger partial charge is 0.310 e. The van der Waals surface area contributed by atoms with Crippen LogP contribution < -0.4 is 4.90 Å². The van der Waals surface area contributed by atoms with Crippen LogP contribution in [0.25, 0.3) is 77.5 Å². The highest BCUT2D eigenvalue weighted by Crippen LogP contribution is 2.58. The number of nitrogens with zero attached hydrogens (tertiary/aromatic N) is 1. The third-order valence-corrected chi connectivity index (χ3v) is 14.8. The first-order chi connectivity index (χ1) is 35.7. The van der Waals surface area contributed by atoms with Crippen molar-refractivity contribution in [2.45, 2.75) is 5.41 Å². The van der Waals surface area contributed by atoms with Crippen molar-refractivity contribution in [2.75, 3.05) is 4.90 Å². The molecule has 0 atom stereocenters. The Hall–Kier alpha value is -9.30. The van der Waals surface area contributed by atoms with Crippen LogP contribution in [0.2, 0.25) is 0 Å². The van der Waals surface area contributed by atoms with E-state index in [1.807, 2.05) is 0 Å². The summed E-state index contributed by atoms with van der Waals surface area (Å²) < 4.78 is 0. The van der Waals surface area contributed by atoms with Crippen LogP contribution in [0.15, 0.2) is 297 Å². The zero-order valence-electron chi connectivity index (χ0n) is 39.7. The molecule has 0 spiro atoms. The fourth-order valence-corrected chi connectivity index (χ4v) is 11.5. The summed E-state index contributed by atoms with van der Waals surface area (Å²) in [6.45, 7) is 0. The van der Waals surface area contributed by atoms with Crippen molar-refractivity contribution in [3.05, 3.63) is 320 Å². The average Bonchev–Trinajstić information content (AvgIpc) is 3.78. The van der Waals surface area contributed by atoms with E-state index < -0.39 is 5.41 Å². The van der Waals surface area contributed by atoms with E-state index in [-0.39, 0.29) is 0 Å². The van der Waals surface area contributed by atoms with Gasteiger partial charge in [-0.3, -0.25) is 0 Å². The second-order valence-electron chi connectivity index (χ2n) is 18.8. The van der Waals surface area contributed by atoms with E-state index in [4.69, 9.17) is 0 Å². The number of rotatable bonds is 10. The van der Waals surface area contributed by atoms with E-state index >= 15 is 0 Å². The Labute approximate surface area is 422 Å². The molecule has 12 aromatic carbocycles. The predicted octanol–water partition coefficient (Wildman–Crippen LogP) is 19.0. The molecule has 1 aliphatic carbocycles. The fourth-order valence-electron chi connectivity index (χ4n) is 11.5. The Kier molecular flexibility index (Phi) is 10.8. The predicted molar refractivity (Wildman–Crippen MR) is 303 cm³/mol. The molecule has 0 bridgehead atoms. The summed E-state index contributed by atoms with van der Waals surface area (Å²) in [5.74, 6) is 0. The van der Waals surface area contributed by atoms with Crippen molar-refractivity contribution < 1.29 is 0 Å². The minimum absolute atomic E-state index is 0.467. The van der Waals surface area contributed by atoms with Gasteiger partial charge in [0.05, 0.1) is 11.1 Å². The molecule has 1 heteroatoms. The molecular formula is C71H49N. The maximum absolute atomic E-state index is 2.43. The Morgan fingerprint density at radius 1 is 0.250 bits per heavy atom. The summed E-state index contributed by atoms with van der Waals surface area (Å²) in [5, 5.41) is 2.51. The molecule has 0 aromatic heterocycles. The van der Waals surface area contributed by atoms with Crippen molar-refractivity contribution in [2.24, 2.45) is 0 Å². The van der Waals surface area contributed by atoms with Crippen molar-refractivity contribution in [3.8, 4) is 66.8 Å². The highest BCUT2D eigenvalue weighted by Gasteiger charge is 2.46. The van der Waals surface area contributed by atoms with Crippen LogP contribution in [0.1, 0.15) is 22.3 Å². The standard InChI is InChI=1S/C71H49N/c1-4-19-50(20-5-1)51-37-43-55(44-38-51)64-30-13-15-36-69(64)72(61-28-16-23-57(49-61)52-39-41-54(42-40-52)63-32-17-22-53-21-10-11-29-62(53)63)60-47-45-56(46-48-60)65-33-18-35-68-70(65)66-31-12-14-34-67(66)71(68,58-24-6-2-7-25-58)59-26-8-3-9-27-59/h1-49H. The van der Waals surface area contributed by atoms with Gasteiger partial charge in [0.25, 0.3) is 0 Å². The molecule has 1 aliphatic rings. The Bertz CT molecular complexity index is 3830. The summed E-state index contributed by atoms with van der Waals surface area (Å²) in [6.07, 6.45) is 0. The average molecular weight is 916 g/mol. The molecular weight excluding hydrogens is 867 g/mol. The van der Waals surface area contributed by atoms with Crippen LogP contribution in [0.5, 0.6) is 0 Å². The Morgan fingerprint density at radius 2 is 0.694 bits per heavy atom. The van der Waals surface area contributed by atoms with Crippen LogP contribution >= 0.6 is 0 Å². The normalized spacial score (nSPS) is 12.3. The van der Waals surface area contributed by atoms with Crippen molar-refractivity contribution >= 4 is 27.8 Å². The van der Waals surface area contributed by atoms with Gasteiger partial charge in [-0.05, 0) is 125 Å². The Morgan fingerprint density at radius 3 is 1.42 bits per heavy atom. The molecule has 12 aromatic rings. The van der Waals surface area contributed by atoms with E-state index in [2.05, 4.69) is 302 Å². The smallest absolute Gasteiger partial charge is 0.0713 e. The van der Waals surface area contributed by atoms with Crippen LogP contribution in [0.3, 0.4) is 0 Å². The summed E-state index contributed by atoms with van der Waals surface area (Å²) >= 11 is 0. The number of fused-ring (bicyclic) bond motifs is 4. The number of para-hydroxylation sites is 1. The first-order valence-corrected chi connectivity index (χ1v) is 24.9. The van der Waals surface area contributed by atoms with Gasteiger partial charge in [0.2, 0.25) is 0 Å². The molecule has 0 unspecified atom stereocenters. The molecule has 0 amide bonds. The molecule has 0 heterocycles. The van der Waals surface area contributed by atoms with Crippen LogP contribution in [-0.4, -0.2) is 0 Å². The first-order valence-electron chi connectivity index (χ1n) is 24.9. The highest BCUT2D eigenvalue weighted by molar-refractivity contribution is 5.98. The number of benzene rings is 12. The lowest BCUT2D eigenvalue weighted by Crippen LogP contribution is -2.28. The van der Waals surface area contributed by atoms with Gasteiger partial charge in [0.15, 0.2) is 0 Å². The molecule has 0 aliphatic heterocycles. The molecule has 0 saturated heterocycles. The fraction of sp³-hybridized carbons (Fsp3) is 0.0141. The van der Waals surface area contributed by atoms with Crippen LogP contribution in [0.4, 0.5) is 17.1 Å². The molecule has 72 heavy (non-hydrogen) atoms. The highest BCUT2D eigenvalue weighted by atomic mass is 15.1. The molecule has 0 saturated carbocycles. The Balaban J connectivity index is 0.934. The molecule has 0 fully saturated rings. The summed E-state index contributed by atoms with van der Waals surface area (Å²) in [7, 11) is 0. The van der Waals surface area contributed by atoms with E-state index in [0.717, 1.165) is 33.8 Å². The second kappa shape index (κ2) is 18.2. The van der Waals surface area contributed by atoms with Gasteiger partial charge in [-0.2, -0.15) is 0 Å². The molecule has 13 rings (SSSR count). The van der Waals surface area contributed by atoms with E-state index in [0.29, 0.717) is 0 Å². The number of anilines is 3. The summed E-state index contributed by atoms with van der Waals surface area (Å²) in [6, 6.07) is 109. The van der Waals surface area contributed by atoms with Gasteiger partial charge in [-0.1, -0.05) is 267 Å². The molecule has 0 radical (unpaired) electrons. The van der Waals surface area contributed by atoms with E-state index in [1.165, 1.54) is 83.1 Å². The quantitative estimate of drug-likeness (QED) is 0.132. The minimum atomic E-state index is -0.467. The lowest BCUT2D eigenvalue weighted by atomic mass is 9.67. The minimum Gasteiger partial charge on any atom is -0.310 e. The molecule has 1 nitrogen and oxygen atoms in total. The molecule has 0 N–H and O–H groups in total. The third-order valence-electron chi connectivity index (χ3n) is 14.8. The van der Waals surface area contributed by atoms with E-state index in [1.54, 1.807) is 0 Å². The lowest BCUT2D eigenvalue weighted by Gasteiger charge is -2.34. The van der Waals surface area contributed by atoms with Gasteiger partial charge in [0.1, 0.15) is 0 Å². The van der Waals surface area contributed by atoms with Crippen molar-refractivity contribution in [3.63, 3.8) is 0 Å². The van der Waals surface area contributed by atoms with Crippen molar-refractivity contribution in [1.29, 1.82) is 0 Å². The SMILES string of the molecule is c1ccc(-c2ccc(-c3ccccc3N(c3ccc(-c4cccc5c4-c4ccccc4C5(c4ccccc4)c4ccccc4)cc3)c3cccc(-c4ccc(-c5cccc6ccccc56)cc4)c3)cc2)cc1. The molecule has 338 valence electrons. The van der Waals surface area contributed by atoms with Gasteiger partial charge >= 0.3 is 0 Å². The lowest BCUT2D eigenvalue weighted by molar-refractivity contribution is 0.768. The third kappa shape index (κ3) is 7.34. The van der Waals surface area contributed by atoms with Crippen LogP contribution in [-0.2, 0) is 5.41 Å². The monoisotopic (exact) mass is 915 g/mol. The topological polar surface area (TPSA) is 3.24 Å². The maximum Gasteiger partial charge on any atom is 0.0713 e. The number of hydrogen-bond donors (Lipinski definition) is 0. The second-order valence-corrected chi connectivity index (χ2v) is 18.8. The first kappa shape index (κ1) is 42.8.